The molecule has 1 amide bonds. The molecule has 0 fully saturated rings. The normalized spacial score (nSPS) is 16.7. The van der Waals surface area contributed by atoms with Crippen molar-refractivity contribution in [3.63, 3.8) is 0 Å². The highest BCUT2D eigenvalue weighted by molar-refractivity contribution is 5.94. The van der Waals surface area contributed by atoms with E-state index in [0.29, 0.717) is 43.5 Å². The number of hydrogen-bond acceptors (Lipinski definition) is 5. The van der Waals surface area contributed by atoms with Gasteiger partial charge in [0.1, 0.15) is 18.2 Å². The molecule has 0 radical (unpaired) electrons. The van der Waals surface area contributed by atoms with Crippen LogP contribution in [0, 0.1) is 6.92 Å². The number of nitrogens with zero attached hydrogens (tertiary/aromatic N) is 4. The number of fused-ring (bicyclic) bond motifs is 1. The van der Waals surface area contributed by atoms with E-state index in [9.17, 15) is 4.79 Å². The van der Waals surface area contributed by atoms with E-state index in [1.165, 1.54) is 0 Å². The lowest BCUT2D eigenvalue weighted by Crippen LogP contribution is -2.40. The van der Waals surface area contributed by atoms with Gasteiger partial charge in [-0.05, 0) is 31.5 Å². The highest BCUT2D eigenvalue weighted by atomic mass is 16.5. The van der Waals surface area contributed by atoms with E-state index in [-0.39, 0.29) is 11.9 Å². The summed E-state index contributed by atoms with van der Waals surface area (Å²) in [7, 11) is 0. The van der Waals surface area contributed by atoms with E-state index >= 15 is 0 Å². The molecule has 0 unspecified atom stereocenters. The summed E-state index contributed by atoms with van der Waals surface area (Å²) in [5.41, 5.74) is 7.12. The molecular weight excluding hydrogens is 330 g/mol. The number of carbonyl (C=O) groups is 1. The van der Waals surface area contributed by atoms with Gasteiger partial charge in [0.2, 0.25) is 0 Å². The van der Waals surface area contributed by atoms with Gasteiger partial charge in [-0.15, -0.1) is 10.2 Å². The Morgan fingerprint density at radius 3 is 2.85 bits per heavy atom. The summed E-state index contributed by atoms with van der Waals surface area (Å²) >= 11 is 0. The Kier molecular flexibility index (Phi) is 5.27. The molecule has 2 N–H and O–H groups in total. The zero-order chi connectivity index (χ0) is 18.8. The second-order valence-corrected chi connectivity index (χ2v) is 7.15. The Hall–Kier alpha value is -2.41. The zero-order valence-corrected chi connectivity index (χ0v) is 15.9. The third kappa shape index (κ3) is 3.44. The van der Waals surface area contributed by atoms with Crippen molar-refractivity contribution in [3.8, 4) is 5.75 Å². The molecule has 0 aliphatic carbocycles. The number of aryl methyl sites for hydroxylation is 1. The molecule has 0 spiro atoms. The Morgan fingerprint density at radius 1 is 1.38 bits per heavy atom. The predicted molar refractivity (Wildman–Crippen MR) is 99.3 cm³/mol. The van der Waals surface area contributed by atoms with Crippen LogP contribution in [0.3, 0.4) is 0 Å². The van der Waals surface area contributed by atoms with E-state index in [1.807, 2.05) is 24.0 Å². The van der Waals surface area contributed by atoms with Crippen molar-refractivity contribution >= 4 is 5.91 Å². The van der Waals surface area contributed by atoms with Gasteiger partial charge < -0.3 is 19.9 Å². The summed E-state index contributed by atoms with van der Waals surface area (Å²) in [5, 5.41) is 8.62. The summed E-state index contributed by atoms with van der Waals surface area (Å²) in [6.07, 6.45) is 0. The monoisotopic (exact) mass is 357 g/mol. The van der Waals surface area contributed by atoms with Crippen LogP contribution in [-0.2, 0) is 6.54 Å². The third-order valence-corrected chi connectivity index (χ3v) is 4.66. The smallest absolute Gasteiger partial charge is 0.254 e. The number of rotatable bonds is 5. The van der Waals surface area contributed by atoms with Crippen LogP contribution in [0.25, 0.3) is 0 Å². The fraction of sp³-hybridized carbons (Fsp3) is 0.526. The van der Waals surface area contributed by atoms with Gasteiger partial charge in [0.15, 0.2) is 5.82 Å². The van der Waals surface area contributed by atoms with Gasteiger partial charge in [-0.2, -0.15) is 0 Å². The van der Waals surface area contributed by atoms with Crippen LogP contribution in [0.15, 0.2) is 18.2 Å². The Balaban J connectivity index is 1.83. The molecule has 0 saturated heterocycles. The van der Waals surface area contributed by atoms with Crippen molar-refractivity contribution < 1.29 is 9.53 Å². The second kappa shape index (κ2) is 7.45. The van der Waals surface area contributed by atoms with E-state index in [2.05, 4.69) is 35.5 Å². The molecule has 1 aliphatic heterocycles. The Labute approximate surface area is 154 Å². The Bertz CT molecular complexity index is 799. The second-order valence-electron chi connectivity index (χ2n) is 7.15. The van der Waals surface area contributed by atoms with Gasteiger partial charge >= 0.3 is 0 Å². The highest BCUT2D eigenvalue weighted by Crippen LogP contribution is 2.27. The average molecular weight is 357 g/mol. The first-order chi connectivity index (χ1) is 12.4. The summed E-state index contributed by atoms with van der Waals surface area (Å²) < 4.78 is 7.82. The van der Waals surface area contributed by atoms with Crippen molar-refractivity contribution in [1.29, 1.82) is 0 Å². The van der Waals surface area contributed by atoms with Crippen molar-refractivity contribution in [2.45, 2.75) is 46.2 Å². The summed E-state index contributed by atoms with van der Waals surface area (Å²) in [6.45, 7) is 10.2. The van der Waals surface area contributed by atoms with Crippen LogP contribution >= 0.6 is 0 Å². The first-order valence-corrected chi connectivity index (χ1v) is 9.08. The largest absolute Gasteiger partial charge is 0.492 e. The molecule has 7 heteroatoms. The minimum atomic E-state index is -0.0187. The highest BCUT2D eigenvalue weighted by Gasteiger charge is 2.30. The molecule has 0 saturated carbocycles. The van der Waals surface area contributed by atoms with Crippen LogP contribution in [0.2, 0.25) is 0 Å². The molecule has 1 aliphatic rings. The van der Waals surface area contributed by atoms with Crippen molar-refractivity contribution in [2.75, 3.05) is 19.7 Å². The van der Waals surface area contributed by atoms with Crippen molar-refractivity contribution in [3.05, 3.63) is 41.0 Å². The number of hydrogen-bond donors (Lipinski definition) is 1. The molecule has 1 aromatic heterocycles. The maximum Gasteiger partial charge on any atom is 0.254 e. The van der Waals surface area contributed by atoms with Crippen molar-refractivity contribution in [1.82, 2.24) is 19.7 Å². The fourth-order valence-electron chi connectivity index (χ4n) is 3.35. The molecular formula is C19H27N5O2. The minimum Gasteiger partial charge on any atom is -0.492 e. The molecule has 140 valence electrons. The van der Waals surface area contributed by atoms with Crippen molar-refractivity contribution in [2.24, 2.45) is 5.73 Å². The number of carbonyl (C=O) groups excluding carboxylic acids is 1. The van der Waals surface area contributed by atoms with Crippen LogP contribution < -0.4 is 10.5 Å². The van der Waals surface area contributed by atoms with Crippen LogP contribution in [0.1, 0.15) is 60.3 Å². The topological polar surface area (TPSA) is 86.3 Å². The standard InChI is InChI=1S/C19H27N5O2/c1-12(2)18-22-21-17-11-23(10-14(4)24(17)18)19(25)15-6-5-13(3)16(9-15)26-8-7-20/h5-6,9,12,14H,7-8,10-11,20H2,1-4H3/t14-/m0/s1. The van der Waals surface area contributed by atoms with Gasteiger partial charge in [-0.25, -0.2) is 0 Å². The van der Waals surface area contributed by atoms with E-state index in [0.717, 1.165) is 17.2 Å². The minimum absolute atomic E-state index is 0.0187. The molecule has 2 aromatic rings. The van der Waals surface area contributed by atoms with Crippen LogP contribution in [0.5, 0.6) is 5.75 Å². The van der Waals surface area contributed by atoms with E-state index < -0.39 is 0 Å². The lowest BCUT2D eigenvalue weighted by Gasteiger charge is -2.33. The molecule has 26 heavy (non-hydrogen) atoms. The van der Waals surface area contributed by atoms with Gasteiger partial charge in [-0.3, -0.25) is 4.79 Å². The summed E-state index contributed by atoms with van der Waals surface area (Å²) in [5.74, 6) is 2.81. The molecule has 1 atom stereocenters. The van der Waals surface area contributed by atoms with Gasteiger partial charge in [0, 0.05) is 24.6 Å². The fourth-order valence-corrected chi connectivity index (χ4v) is 3.35. The summed E-state index contributed by atoms with van der Waals surface area (Å²) in [4.78, 5) is 14.9. The van der Waals surface area contributed by atoms with E-state index in [4.69, 9.17) is 10.5 Å². The number of benzene rings is 1. The van der Waals surface area contributed by atoms with E-state index in [1.54, 1.807) is 6.07 Å². The third-order valence-electron chi connectivity index (χ3n) is 4.66. The maximum absolute atomic E-state index is 13.0. The molecule has 0 bridgehead atoms. The van der Waals surface area contributed by atoms with Gasteiger partial charge in [0.25, 0.3) is 5.91 Å². The molecule has 7 nitrogen and oxygen atoms in total. The summed E-state index contributed by atoms with van der Waals surface area (Å²) in [6, 6.07) is 5.70. The number of aromatic nitrogens is 3. The zero-order valence-electron chi connectivity index (χ0n) is 15.9. The van der Waals surface area contributed by atoms with Gasteiger partial charge in [-0.1, -0.05) is 19.9 Å². The number of nitrogens with two attached hydrogens (primary N) is 1. The molecule has 3 rings (SSSR count). The average Bonchev–Trinajstić information content (AvgIpc) is 3.05. The predicted octanol–water partition coefficient (Wildman–Crippen LogP) is 2.26. The molecule has 2 heterocycles. The maximum atomic E-state index is 13.0. The first kappa shape index (κ1) is 18.4. The number of ether oxygens (including phenoxy) is 1. The number of amides is 1. The van der Waals surface area contributed by atoms with Crippen LogP contribution in [-0.4, -0.2) is 45.3 Å². The first-order valence-electron chi connectivity index (χ1n) is 9.08. The van der Waals surface area contributed by atoms with Crippen LogP contribution in [0.4, 0.5) is 0 Å². The lowest BCUT2D eigenvalue weighted by atomic mass is 10.1. The quantitative estimate of drug-likeness (QED) is 0.887. The van der Waals surface area contributed by atoms with Gasteiger partial charge in [0.05, 0.1) is 12.6 Å². The molecule has 1 aromatic carbocycles. The SMILES string of the molecule is Cc1ccc(C(=O)N2Cc3nnc(C(C)C)n3[C@@H](C)C2)cc1OCCN. The Morgan fingerprint density at radius 2 is 2.15 bits per heavy atom. The lowest BCUT2D eigenvalue weighted by molar-refractivity contribution is 0.0679.